The zero-order valence-electron chi connectivity index (χ0n) is 15.7. The van der Waals surface area contributed by atoms with Crippen molar-refractivity contribution < 1.29 is 9.53 Å². The molecule has 7 nitrogen and oxygen atoms in total. The standard InChI is InChI=1S/C21H18ClN5O2/c1-29-17-7-5-15(6-8-17)18-9-10-19-24-25-20(27(19)26-18)13-23-21(28)12-14-3-2-4-16(22)11-14/h2-11H,12-13H2,1H3,(H,23,28). The summed E-state index contributed by atoms with van der Waals surface area (Å²) in [4.78, 5) is 12.3. The van der Waals surface area contributed by atoms with Gasteiger partial charge in [-0.15, -0.1) is 10.2 Å². The first-order chi connectivity index (χ1) is 14.1. The zero-order chi connectivity index (χ0) is 20.2. The molecule has 0 fully saturated rings. The predicted molar refractivity (Wildman–Crippen MR) is 110 cm³/mol. The van der Waals surface area contributed by atoms with Crippen LogP contribution in [0, 0.1) is 0 Å². The van der Waals surface area contributed by atoms with Crippen LogP contribution in [0.4, 0.5) is 0 Å². The number of nitrogens with one attached hydrogen (secondary N) is 1. The molecule has 2 heterocycles. The Kier molecular flexibility index (Phi) is 5.39. The van der Waals surface area contributed by atoms with Gasteiger partial charge in [0.25, 0.3) is 0 Å². The Hall–Kier alpha value is -3.45. The number of aromatic nitrogens is 4. The van der Waals surface area contributed by atoms with Crippen molar-refractivity contribution >= 4 is 23.2 Å². The summed E-state index contributed by atoms with van der Waals surface area (Å²) in [7, 11) is 1.63. The van der Waals surface area contributed by atoms with Crippen molar-refractivity contribution in [1.82, 2.24) is 25.1 Å². The van der Waals surface area contributed by atoms with Gasteiger partial charge in [-0.3, -0.25) is 4.79 Å². The Morgan fingerprint density at radius 3 is 2.69 bits per heavy atom. The molecule has 0 bridgehead atoms. The number of amides is 1. The molecular formula is C21H18ClN5O2. The number of hydrogen-bond donors (Lipinski definition) is 1. The number of nitrogens with zero attached hydrogens (tertiary/aromatic N) is 4. The number of halogens is 1. The van der Waals surface area contributed by atoms with Gasteiger partial charge in [-0.05, 0) is 54.1 Å². The van der Waals surface area contributed by atoms with Gasteiger partial charge in [0, 0.05) is 10.6 Å². The fraction of sp³-hybridized carbons (Fsp3) is 0.143. The minimum absolute atomic E-state index is 0.129. The average Bonchev–Trinajstić information content (AvgIpc) is 3.14. The van der Waals surface area contributed by atoms with E-state index in [9.17, 15) is 4.79 Å². The monoisotopic (exact) mass is 407 g/mol. The molecule has 4 rings (SSSR count). The Morgan fingerprint density at radius 2 is 1.93 bits per heavy atom. The van der Waals surface area contributed by atoms with Crippen molar-refractivity contribution in [1.29, 1.82) is 0 Å². The number of ether oxygens (including phenoxy) is 1. The van der Waals surface area contributed by atoms with Crippen LogP contribution >= 0.6 is 11.6 Å². The number of hydrogen-bond acceptors (Lipinski definition) is 5. The Balaban J connectivity index is 1.49. The number of carbonyl (C=O) groups is 1. The van der Waals surface area contributed by atoms with Gasteiger partial charge in [-0.2, -0.15) is 9.61 Å². The molecule has 0 spiro atoms. The van der Waals surface area contributed by atoms with E-state index in [1.165, 1.54) is 0 Å². The molecule has 146 valence electrons. The highest BCUT2D eigenvalue weighted by Crippen LogP contribution is 2.21. The fourth-order valence-corrected chi connectivity index (χ4v) is 3.14. The first kappa shape index (κ1) is 18.9. The number of fused-ring (bicyclic) bond motifs is 1. The van der Waals surface area contributed by atoms with Gasteiger partial charge in [0.15, 0.2) is 11.5 Å². The number of benzene rings is 2. The molecule has 2 aromatic carbocycles. The molecule has 1 amide bonds. The quantitative estimate of drug-likeness (QED) is 0.530. The van der Waals surface area contributed by atoms with Crippen molar-refractivity contribution in [3.05, 3.63) is 77.1 Å². The minimum Gasteiger partial charge on any atom is -0.497 e. The van der Waals surface area contributed by atoms with Crippen molar-refractivity contribution in [3.8, 4) is 17.0 Å². The van der Waals surface area contributed by atoms with E-state index in [4.69, 9.17) is 16.3 Å². The Bertz CT molecular complexity index is 1160. The first-order valence-corrected chi connectivity index (χ1v) is 9.37. The van der Waals surface area contributed by atoms with E-state index in [1.807, 2.05) is 48.5 Å². The summed E-state index contributed by atoms with van der Waals surface area (Å²) in [5.41, 5.74) is 3.17. The minimum atomic E-state index is -0.129. The second-order valence-electron chi connectivity index (χ2n) is 6.42. The molecule has 0 unspecified atom stereocenters. The highest BCUT2D eigenvalue weighted by Gasteiger charge is 2.11. The largest absolute Gasteiger partial charge is 0.497 e. The van der Waals surface area contributed by atoms with E-state index in [1.54, 1.807) is 23.8 Å². The molecule has 0 saturated heterocycles. The molecule has 0 radical (unpaired) electrons. The van der Waals surface area contributed by atoms with E-state index in [2.05, 4.69) is 20.6 Å². The van der Waals surface area contributed by atoms with Crippen LogP contribution in [0.1, 0.15) is 11.4 Å². The number of methoxy groups -OCH3 is 1. The lowest BCUT2D eigenvalue weighted by Crippen LogP contribution is -2.25. The smallest absolute Gasteiger partial charge is 0.224 e. The molecule has 29 heavy (non-hydrogen) atoms. The molecular weight excluding hydrogens is 390 g/mol. The summed E-state index contributed by atoms with van der Waals surface area (Å²) in [5.74, 6) is 1.20. The second kappa shape index (κ2) is 8.28. The fourth-order valence-electron chi connectivity index (χ4n) is 2.93. The summed E-state index contributed by atoms with van der Waals surface area (Å²) < 4.78 is 6.83. The lowest BCUT2D eigenvalue weighted by atomic mass is 10.1. The summed E-state index contributed by atoms with van der Waals surface area (Å²) in [6, 6.07) is 18.6. The summed E-state index contributed by atoms with van der Waals surface area (Å²) in [5, 5.41) is 16.3. The molecule has 0 saturated carbocycles. The van der Waals surface area contributed by atoms with Gasteiger partial charge < -0.3 is 10.1 Å². The maximum Gasteiger partial charge on any atom is 0.224 e. The lowest BCUT2D eigenvalue weighted by molar-refractivity contribution is -0.120. The van der Waals surface area contributed by atoms with Crippen LogP contribution in [-0.2, 0) is 17.8 Å². The molecule has 8 heteroatoms. The molecule has 1 N–H and O–H groups in total. The Morgan fingerprint density at radius 1 is 1.10 bits per heavy atom. The van der Waals surface area contributed by atoms with Crippen LogP contribution in [-0.4, -0.2) is 32.8 Å². The van der Waals surface area contributed by atoms with Crippen LogP contribution in [0.25, 0.3) is 16.9 Å². The highest BCUT2D eigenvalue weighted by atomic mass is 35.5. The van der Waals surface area contributed by atoms with Gasteiger partial charge in [-0.25, -0.2) is 0 Å². The third-order valence-electron chi connectivity index (χ3n) is 4.41. The first-order valence-electron chi connectivity index (χ1n) is 8.99. The summed E-state index contributed by atoms with van der Waals surface area (Å²) >= 11 is 5.97. The summed E-state index contributed by atoms with van der Waals surface area (Å²) in [6.45, 7) is 0.222. The van der Waals surface area contributed by atoms with Crippen molar-refractivity contribution in [2.24, 2.45) is 0 Å². The van der Waals surface area contributed by atoms with Crippen LogP contribution in [0.2, 0.25) is 5.02 Å². The predicted octanol–water partition coefficient (Wildman–Crippen LogP) is 3.31. The SMILES string of the molecule is COc1ccc(-c2ccc3nnc(CNC(=O)Cc4cccc(Cl)c4)n3n2)cc1. The second-order valence-corrected chi connectivity index (χ2v) is 6.85. The third kappa shape index (κ3) is 4.35. The van der Waals surface area contributed by atoms with Gasteiger partial charge >= 0.3 is 0 Å². The molecule has 0 aliphatic heterocycles. The van der Waals surface area contributed by atoms with E-state index < -0.39 is 0 Å². The molecule has 4 aromatic rings. The van der Waals surface area contributed by atoms with Crippen LogP contribution in [0.5, 0.6) is 5.75 Å². The highest BCUT2D eigenvalue weighted by molar-refractivity contribution is 6.30. The van der Waals surface area contributed by atoms with Gasteiger partial charge in [0.2, 0.25) is 5.91 Å². The van der Waals surface area contributed by atoms with Crippen LogP contribution in [0.3, 0.4) is 0 Å². The molecule has 2 aromatic heterocycles. The van der Waals surface area contributed by atoms with Gasteiger partial charge in [-0.1, -0.05) is 23.7 Å². The molecule has 0 aliphatic rings. The normalized spacial score (nSPS) is 10.8. The van der Waals surface area contributed by atoms with Crippen molar-refractivity contribution in [2.75, 3.05) is 7.11 Å². The topological polar surface area (TPSA) is 81.4 Å². The number of rotatable bonds is 6. The van der Waals surface area contributed by atoms with Gasteiger partial charge in [0.05, 0.1) is 25.8 Å². The van der Waals surface area contributed by atoms with E-state index in [-0.39, 0.29) is 18.9 Å². The maximum absolute atomic E-state index is 12.3. The third-order valence-corrected chi connectivity index (χ3v) is 4.65. The molecule has 0 aliphatic carbocycles. The van der Waals surface area contributed by atoms with Crippen molar-refractivity contribution in [3.63, 3.8) is 0 Å². The van der Waals surface area contributed by atoms with E-state index in [0.717, 1.165) is 22.6 Å². The molecule has 0 atom stereocenters. The number of carbonyl (C=O) groups excluding carboxylic acids is 1. The summed E-state index contributed by atoms with van der Waals surface area (Å²) in [6.07, 6.45) is 0.238. The van der Waals surface area contributed by atoms with Crippen LogP contribution in [0.15, 0.2) is 60.7 Å². The lowest BCUT2D eigenvalue weighted by Gasteiger charge is -2.06. The van der Waals surface area contributed by atoms with Gasteiger partial charge in [0.1, 0.15) is 5.75 Å². The van der Waals surface area contributed by atoms with Crippen LogP contribution < -0.4 is 10.1 Å². The van der Waals surface area contributed by atoms with E-state index in [0.29, 0.717) is 16.5 Å². The average molecular weight is 408 g/mol. The Labute approximate surface area is 172 Å². The van der Waals surface area contributed by atoms with Crippen molar-refractivity contribution in [2.45, 2.75) is 13.0 Å². The zero-order valence-corrected chi connectivity index (χ0v) is 16.4. The van der Waals surface area contributed by atoms with E-state index >= 15 is 0 Å². The maximum atomic E-state index is 12.3.